The smallest absolute Gasteiger partial charge is 0.241 e. The molecule has 1 aromatic carbocycles. The molecule has 1 fully saturated rings. The van der Waals surface area contributed by atoms with Crippen molar-refractivity contribution in [3.8, 4) is 0 Å². The standard InChI is InChI=1S/C12H16BrN3O/c1-15-5-2-6-16(8-12(15)17)11-4-3-9(14)7-10(11)13/h3-4,7H,2,5-6,8,14H2,1H3. The molecule has 2 rings (SSSR count). The summed E-state index contributed by atoms with van der Waals surface area (Å²) >= 11 is 3.50. The number of hydrogen-bond donors (Lipinski definition) is 1. The average molecular weight is 298 g/mol. The van der Waals surface area contributed by atoms with E-state index < -0.39 is 0 Å². The number of rotatable bonds is 1. The highest BCUT2D eigenvalue weighted by atomic mass is 79.9. The normalized spacial score (nSPS) is 17.2. The fourth-order valence-electron chi connectivity index (χ4n) is 1.97. The Morgan fingerprint density at radius 2 is 2.12 bits per heavy atom. The Morgan fingerprint density at radius 3 is 2.82 bits per heavy atom. The second-order valence-corrected chi connectivity index (χ2v) is 5.16. The average Bonchev–Trinajstić information content (AvgIpc) is 2.42. The van der Waals surface area contributed by atoms with E-state index in [1.54, 1.807) is 4.90 Å². The van der Waals surface area contributed by atoms with Crippen LogP contribution in [-0.4, -0.2) is 37.5 Å². The minimum atomic E-state index is 0.159. The number of carbonyl (C=O) groups excluding carboxylic acids is 1. The van der Waals surface area contributed by atoms with Crippen molar-refractivity contribution in [1.82, 2.24) is 4.90 Å². The van der Waals surface area contributed by atoms with Gasteiger partial charge in [-0.3, -0.25) is 4.79 Å². The Bertz CT molecular complexity index is 436. The largest absolute Gasteiger partial charge is 0.399 e. The van der Waals surface area contributed by atoms with Crippen molar-refractivity contribution in [2.45, 2.75) is 6.42 Å². The van der Waals surface area contributed by atoms with Crippen LogP contribution in [0.5, 0.6) is 0 Å². The molecule has 1 aliphatic heterocycles. The summed E-state index contributed by atoms with van der Waals surface area (Å²) in [6, 6.07) is 5.69. The Labute approximate surface area is 110 Å². The lowest BCUT2D eigenvalue weighted by Gasteiger charge is -2.23. The second-order valence-electron chi connectivity index (χ2n) is 4.30. The summed E-state index contributed by atoms with van der Waals surface area (Å²) in [7, 11) is 1.85. The van der Waals surface area contributed by atoms with Gasteiger partial charge in [0.15, 0.2) is 0 Å². The number of anilines is 2. The van der Waals surface area contributed by atoms with Crippen LogP contribution >= 0.6 is 15.9 Å². The van der Waals surface area contributed by atoms with Gasteiger partial charge in [0.05, 0.1) is 12.2 Å². The SMILES string of the molecule is CN1CCCN(c2ccc(N)cc2Br)CC1=O. The van der Waals surface area contributed by atoms with Gasteiger partial charge in [-0.1, -0.05) is 0 Å². The number of halogens is 1. The van der Waals surface area contributed by atoms with Gasteiger partial charge in [0, 0.05) is 30.3 Å². The first-order valence-electron chi connectivity index (χ1n) is 5.62. The number of benzene rings is 1. The minimum Gasteiger partial charge on any atom is -0.399 e. The number of likely N-dealkylation sites (N-methyl/N-ethyl adjacent to an activating group) is 1. The third-order valence-electron chi connectivity index (χ3n) is 2.99. The number of amides is 1. The van der Waals surface area contributed by atoms with Crippen LogP contribution in [0.25, 0.3) is 0 Å². The Hall–Kier alpha value is -1.23. The predicted octanol–water partition coefficient (Wildman–Crippen LogP) is 1.70. The van der Waals surface area contributed by atoms with Crippen molar-refractivity contribution in [3.63, 3.8) is 0 Å². The molecule has 0 radical (unpaired) electrons. The first-order valence-corrected chi connectivity index (χ1v) is 6.41. The summed E-state index contributed by atoms with van der Waals surface area (Å²) in [6.45, 7) is 2.14. The van der Waals surface area contributed by atoms with E-state index in [1.807, 2.05) is 25.2 Å². The van der Waals surface area contributed by atoms with Crippen molar-refractivity contribution in [3.05, 3.63) is 22.7 Å². The van der Waals surface area contributed by atoms with Crippen LogP contribution in [0.15, 0.2) is 22.7 Å². The van der Waals surface area contributed by atoms with E-state index in [4.69, 9.17) is 5.73 Å². The van der Waals surface area contributed by atoms with Crippen molar-refractivity contribution in [1.29, 1.82) is 0 Å². The van der Waals surface area contributed by atoms with Crippen LogP contribution in [0, 0.1) is 0 Å². The molecule has 1 heterocycles. The monoisotopic (exact) mass is 297 g/mol. The number of nitrogens with two attached hydrogens (primary N) is 1. The molecule has 0 aromatic heterocycles. The van der Waals surface area contributed by atoms with Gasteiger partial charge in [-0.25, -0.2) is 0 Å². The number of hydrogen-bond acceptors (Lipinski definition) is 3. The van der Waals surface area contributed by atoms with E-state index in [1.165, 1.54) is 0 Å². The van der Waals surface area contributed by atoms with Gasteiger partial charge < -0.3 is 15.5 Å². The van der Waals surface area contributed by atoms with Gasteiger partial charge in [-0.15, -0.1) is 0 Å². The highest BCUT2D eigenvalue weighted by Crippen LogP contribution is 2.29. The van der Waals surface area contributed by atoms with Crippen molar-refractivity contribution < 1.29 is 4.79 Å². The van der Waals surface area contributed by atoms with Gasteiger partial charge in [-0.05, 0) is 40.5 Å². The van der Waals surface area contributed by atoms with Crippen molar-refractivity contribution in [2.75, 3.05) is 37.3 Å². The van der Waals surface area contributed by atoms with Gasteiger partial charge in [0.1, 0.15) is 0 Å². The zero-order valence-corrected chi connectivity index (χ0v) is 11.4. The molecule has 0 bridgehead atoms. The lowest BCUT2D eigenvalue weighted by Crippen LogP contribution is -2.34. The molecule has 0 unspecified atom stereocenters. The second kappa shape index (κ2) is 4.96. The van der Waals surface area contributed by atoms with Crippen LogP contribution in [0.1, 0.15) is 6.42 Å². The molecule has 0 atom stereocenters. The number of carbonyl (C=O) groups is 1. The van der Waals surface area contributed by atoms with E-state index in [0.717, 1.165) is 35.4 Å². The first kappa shape index (κ1) is 12.2. The predicted molar refractivity (Wildman–Crippen MR) is 73.0 cm³/mol. The summed E-state index contributed by atoms with van der Waals surface area (Å²) < 4.78 is 0.940. The molecule has 2 N–H and O–H groups in total. The Morgan fingerprint density at radius 1 is 1.35 bits per heavy atom. The van der Waals surface area contributed by atoms with Crippen molar-refractivity contribution in [2.24, 2.45) is 0 Å². The summed E-state index contributed by atoms with van der Waals surface area (Å²) in [4.78, 5) is 15.7. The van der Waals surface area contributed by atoms with Gasteiger partial charge in [0.2, 0.25) is 5.91 Å². The molecule has 0 aliphatic carbocycles. The maximum Gasteiger partial charge on any atom is 0.241 e. The molecule has 92 valence electrons. The van der Waals surface area contributed by atoms with Crippen LogP contribution in [0.4, 0.5) is 11.4 Å². The third-order valence-corrected chi connectivity index (χ3v) is 3.62. The van der Waals surface area contributed by atoms with Gasteiger partial charge in [0.25, 0.3) is 0 Å². The molecule has 1 aliphatic rings. The summed E-state index contributed by atoms with van der Waals surface area (Å²) in [5, 5.41) is 0. The topological polar surface area (TPSA) is 49.6 Å². The minimum absolute atomic E-state index is 0.159. The number of nitrogen functional groups attached to an aromatic ring is 1. The lowest BCUT2D eigenvalue weighted by molar-refractivity contribution is -0.127. The molecular weight excluding hydrogens is 282 g/mol. The maximum absolute atomic E-state index is 11.8. The molecule has 0 saturated carbocycles. The summed E-state index contributed by atoms with van der Waals surface area (Å²) in [5.74, 6) is 0.159. The molecule has 1 aromatic rings. The van der Waals surface area contributed by atoms with E-state index in [-0.39, 0.29) is 5.91 Å². The zero-order chi connectivity index (χ0) is 12.4. The first-order chi connectivity index (χ1) is 8.08. The Balaban J connectivity index is 2.24. The van der Waals surface area contributed by atoms with Crippen LogP contribution in [0.3, 0.4) is 0 Å². The lowest BCUT2D eigenvalue weighted by atomic mass is 10.2. The van der Waals surface area contributed by atoms with E-state index in [0.29, 0.717) is 6.54 Å². The highest BCUT2D eigenvalue weighted by Gasteiger charge is 2.20. The molecule has 1 amide bonds. The van der Waals surface area contributed by atoms with Crippen molar-refractivity contribution >= 4 is 33.2 Å². The van der Waals surface area contributed by atoms with Crippen LogP contribution in [-0.2, 0) is 4.79 Å². The Kier molecular flexibility index (Phi) is 3.57. The third kappa shape index (κ3) is 2.72. The maximum atomic E-state index is 11.8. The molecular formula is C12H16BrN3O. The summed E-state index contributed by atoms with van der Waals surface area (Å²) in [6.07, 6.45) is 0.985. The highest BCUT2D eigenvalue weighted by molar-refractivity contribution is 9.10. The van der Waals surface area contributed by atoms with Crippen LogP contribution < -0.4 is 10.6 Å². The fraction of sp³-hybridized carbons (Fsp3) is 0.417. The van der Waals surface area contributed by atoms with Crippen LogP contribution in [0.2, 0.25) is 0 Å². The molecule has 4 nitrogen and oxygen atoms in total. The van der Waals surface area contributed by atoms with Gasteiger partial charge >= 0.3 is 0 Å². The van der Waals surface area contributed by atoms with E-state index >= 15 is 0 Å². The fourth-order valence-corrected chi connectivity index (χ4v) is 2.62. The molecule has 0 spiro atoms. The number of nitrogens with zero attached hydrogens (tertiary/aromatic N) is 2. The summed E-state index contributed by atoms with van der Waals surface area (Å²) in [5.41, 5.74) is 7.47. The molecule has 5 heteroatoms. The zero-order valence-electron chi connectivity index (χ0n) is 9.82. The van der Waals surface area contributed by atoms with E-state index in [9.17, 15) is 4.79 Å². The quantitative estimate of drug-likeness (QED) is 0.803. The van der Waals surface area contributed by atoms with Gasteiger partial charge in [-0.2, -0.15) is 0 Å². The molecule has 1 saturated heterocycles. The van der Waals surface area contributed by atoms with E-state index in [2.05, 4.69) is 20.8 Å². The molecule has 17 heavy (non-hydrogen) atoms.